The zero-order chi connectivity index (χ0) is 18.5. The summed E-state index contributed by atoms with van der Waals surface area (Å²) in [4.78, 5) is 12.4. The van der Waals surface area contributed by atoms with Gasteiger partial charge in [0.1, 0.15) is 0 Å². The first kappa shape index (κ1) is 17.8. The van der Waals surface area contributed by atoms with E-state index in [1.807, 2.05) is 48.5 Å². The van der Waals surface area contributed by atoms with Crippen LogP contribution in [0.2, 0.25) is 0 Å². The van der Waals surface area contributed by atoms with Crippen LogP contribution in [0.25, 0.3) is 11.1 Å². The molecule has 0 aliphatic heterocycles. The standard InChI is InChI=1S/C22H23N3O/c1-3-4-9-21-20(22(26)25(2)24-21)14-16-10-12-17(13-11-16)19-8-6-5-7-18(19)15-23/h5-8,10-13,24H,3-4,9,14H2,1-2H3. The van der Waals surface area contributed by atoms with E-state index in [0.29, 0.717) is 12.0 Å². The Morgan fingerprint density at radius 2 is 1.85 bits per heavy atom. The molecule has 0 aliphatic carbocycles. The summed E-state index contributed by atoms with van der Waals surface area (Å²) >= 11 is 0. The fourth-order valence-corrected chi connectivity index (χ4v) is 3.23. The monoisotopic (exact) mass is 345 g/mol. The van der Waals surface area contributed by atoms with Crippen molar-refractivity contribution in [1.82, 2.24) is 9.78 Å². The van der Waals surface area contributed by atoms with Crippen molar-refractivity contribution in [2.75, 3.05) is 0 Å². The molecule has 3 rings (SSSR count). The minimum Gasteiger partial charge on any atom is -0.300 e. The fraction of sp³-hybridized carbons (Fsp3) is 0.273. The fourth-order valence-electron chi connectivity index (χ4n) is 3.23. The number of nitrogens with one attached hydrogen (secondary N) is 1. The van der Waals surface area contributed by atoms with Crippen LogP contribution in [-0.4, -0.2) is 9.78 Å². The zero-order valence-electron chi connectivity index (χ0n) is 15.2. The van der Waals surface area contributed by atoms with Crippen LogP contribution in [0.1, 0.15) is 42.1 Å². The molecule has 0 unspecified atom stereocenters. The second-order valence-corrected chi connectivity index (χ2v) is 6.57. The van der Waals surface area contributed by atoms with Crippen molar-refractivity contribution in [2.45, 2.75) is 32.6 Å². The number of aromatic nitrogens is 2. The molecule has 0 aliphatic rings. The third kappa shape index (κ3) is 3.62. The van der Waals surface area contributed by atoms with Crippen LogP contribution in [0.4, 0.5) is 0 Å². The molecule has 1 aromatic heterocycles. The van der Waals surface area contributed by atoms with Gasteiger partial charge in [-0.15, -0.1) is 0 Å². The number of aromatic amines is 1. The van der Waals surface area contributed by atoms with Gasteiger partial charge in [0.2, 0.25) is 0 Å². The highest BCUT2D eigenvalue weighted by Crippen LogP contribution is 2.24. The van der Waals surface area contributed by atoms with Gasteiger partial charge in [0.25, 0.3) is 5.56 Å². The van der Waals surface area contributed by atoms with Crippen LogP contribution in [0.15, 0.2) is 53.3 Å². The van der Waals surface area contributed by atoms with Crippen molar-refractivity contribution in [3.8, 4) is 17.2 Å². The van der Waals surface area contributed by atoms with Crippen molar-refractivity contribution < 1.29 is 0 Å². The molecule has 0 saturated heterocycles. The molecular weight excluding hydrogens is 322 g/mol. The van der Waals surface area contributed by atoms with Gasteiger partial charge in [0.05, 0.1) is 11.6 Å². The molecule has 0 bridgehead atoms. The molecule has 0 saturated carbocycles. The van der Waals surface area contributed by atoms with Crippen LogP contribution in [0.3, 0.4) is 0 Å². The van der Waals surface area contributed by atoms with E-state index in [1.54, 1.807) is 11.7 Å². The van der Waals surface area contributed by atoms with Gasteiger partial charge in [-0.3, -0.25) is 14.6 Å². The normalized spacial score (nSPS) is 10.7. The summed E-state index contributed by atoms with van der Waals surface area (Å²) in [7, 11) is 1.77. The van der Waals surface area contributed by atoms with Gasteiger partial charge >= 0.3 is 0 Å². The van der Waals surface area contributed by atoms with Crippen molar-refractivity contribution in [2.24, 2.45) is 7.05 Å². The average Bonchev–Trinajstić information content (AvgIpc) is 2.94. The lowest BCUT2D eigenvalue weighted by atomic mass is 9.97. The van der Waals surface area contributed by atoms with Gasteiger partial charge in [-0.2, -0.15) is 5.26 Å². The molecule has 3 aromatic rings. The Kier molecular flexibility index (Phi) is 5.38. The maximum atomic E-state index is 12.4. The summed E-state index contributed by atoms with van der Waals surface area (Å²) in [5, 5.41) is 12.5. The van der Waals surface area contributed by atoms with E-state index >= 15 is 0 Å². The van der Waals surface area contributed by atoms with Crippen LogP contribution in [0.5, 0.6) is 0 Å². The molecule has 26 heavy (non-hydrogen) atoms. The molecule has 1 N–H and O–H groups in total. The van der Waals surface area contributed by atoms with Gasteiger partial charge in [0.15, 0.2) is 0 Å². The van der Waals surface area contributed by atoms with E-state index in [-0.39, 0.29) is 5.56 Å². The third-order valence-corrected chi connectivity index (χ3v) is 4.70. The van der Waals surface area contributed by atoms with Crippen LogP contribution in [-0.2, 0) is 19.9 Å². The lowest BCUT2D eigenvalue weighted by molar-refractivity contribution is 0.699. The maximum Gasteiger partial charge on any atom is 0.270 e. The molecule has 132 valence electrons. The van der Waals surface area contributed by atoms with Crippen molar-refractivity contribution in [3.05, 3.63) is 81.3 Å². The van der Waals surface area contributed by atoms with E-state index in [2.05, 4.69) is 18.1 Å². The largest absolute Gasteiger partial charge is 0.300 e. The molecule has 0 fully saturated rings. The maximum absolute atomic E-state index is 12.4. The van der Waals surface area contributed by atoms with E-state index in [1.165, 1.54) is 0 Å². The molecule has 0 amide bonds. The van der Waals surface area contributed by atoms with Gasteiger partial charge in [0, 0.05) is 24.7 Å². The smallest absolute Gasteiger partial charge is 0.270 e. The Morgan fingerprint density at radius 3 is 2.54 bits per heavy atom. The summed E-state index contributed by atoms with van der Waals surface area (Å²) in [6, 6.07) is 18.0. The predicted octanol–water partition coefficient (Wildman–Crippen LogP) is 4.19. The Labute approximate surface area is 153 Å². The van der Waals surface area contributed by atoms with Crippen LogP contribution in [0, 0.1) is 11.3 Å². The molecular formula is C22H23N3O. The van der Waals surface area contributed by atoms with Gasteiger partial charge in [-0.1, -0.05) is 55.8 Å². The summed E-state index contributed by atoms with van der Waals surface area (Å²) in [6.45, 7) is 2.15. The summed E-state index contributed by atoms with van der Waals surface area (Å²) in [5.74, 6) is 0. The number of nitrogens with zero attached hydrogens (tertiary/aromatic N) is 2. The summed E-state index contributed by atoms with van der Waals surface area (Å²) in [5.41, 5.74) is 5.65. The van der Waals surface area contributed by atoms with E-state index < -0.39 is 0 Å². The highest BCUT2D eigenvalue weighted by Gasteiger charge is 2.13. The second kappa shape index (κ2) is 7.88. The molecule has 2 aromatic carbocycles. The van der Waals surface area contributed by atoms with Crippen LogP contribution >= 0.6 is 0 Å². The number of rotatable bonds is 6. The van der Waals surface area contributed by atoms with E-state index in [0.717, 1.165) is 47.2 Å². The number of hydrogen-bond acceptors (Lipinski definition) is 2. The Bertz CT molecular complexity index is 987. The zero-order valence-corrected chi connectivity index (χ0v) is 15.2. The quantitative estimate of drug-likeness (QED) is 0.728. The third-order valence-electron chi connectivity index (χ3n) is 4.70. The minimum atomic E-state index is 0.0509. The first-order chi connectivity index (χ1) is 12.6. The highest BCUT2D eigenvalue weighted by molar-refractivity contribution is 5.70. The van der Waals surface area contributed by atoms with E-state index in [4.69, 9.17) is 0 Å². The predicted molar refractivity (Wildman–Crippen MR) is 104 cm³/mol. The highest BCUT2D eigenvalue weighted by atomic mass is 16.1. The van der Waals surface area contributed by atoms with Crippen molar-refractivity contribution >= 4 is 0 Å². The molecule has 0 spiro atoms. The van der Waals surface area contributed by atoms with Gasteiger partial charge in [-0.05, 0) is 35.6 Å². The Hall–Kier alpha value is -3.06. The topological polar surface area (TPSA) is 61.6 Å². The molecule has 4 nitrogen and oxygen atoms in total. The Balaban J connectivity index is 1.87. The second-order valence-electron chi connectivity index (χ2n) is 6.57. The average molecular weight is 345 g/mol. The molecule has 0 radical (unpaired) electrons. The lowest BCUT2D eigenvalue weighted by Crippen LogP contribution is -2.15. The van der Waals surface area contributed by atoms with Crippen LogP contribution < -0.4 is 5.56 Å². The molecule has 4 heteroatoms. The Morgan fingerprint density at radius 1 is 1.12 bits per heavy atom. The number of aryl methyl sites for hydroxylation is 2. The first-order valence-corrected chi connectivity index (χ1v) is 8.99. The van der Waals surface area contributed by atoms with Crippen molar-refractivity contribution in [1.29, 1.82) is 5.26 Å². The molecule has 1 heterocycles. The SMILES string of the molecule is CCCCc1[nH]n(C)c(=O)c1Cc1ccc(-c2ccccc2C#N)cc1. The number of unbranched alkanes of at least 4 members (excludes halogenated alkanes) is 1. The number of nitriles is 1. The van der Waals surface area contributed by atoms with Crippen molar-refractivity contribution in [3.63, 3.8) is 0 Å². The van der Waals surface area contributed by atoms with E-state index in [9.17, 15) is 10.1 Å². The van der Waals surface area contributed by atoms with Gasteiger partial charge in [-0.25, -0.2) is 0 Å². The molecule has 0 atom stereocenters. The van der Waals surface area contributed by atoms with Gasteiger partial charge < -0.3 is 0 Å². The summed E-state index contributed by atoms with van der Waals surface area (Å²) in [6.07, 6.45) is 3.69. The lowest BCUT2D eigenvalue weighted by Gasteiger charge is -2.06. The first-order valence-electron chi connectivity index (χ1n) is 8.99. The summed E-state index contributed by atoms with van der Waals surface area (Å²) < 4.78 is 1.57. The minimum absolute atomic E-state index is 0.0509. The number of benzene rings is 2. The number of hydrogen-bond donors (Lipinski definition) is 1. The number of H-pyrrole nitrogens is 1.